The zero-order valence-electron chi connectivity index (χ0n) is 13.7. The number of methoxy groups -OCH3 is 2. The van der Waals surface area contributed by atoms with E-state index in [2.05, 4.69) is 10.3 Å². The fraction of sp³-hybridized carbons (Fsp3) is 0.438. The summed E-state index contributed by atoms with van der Waals surface area (Å²) in [6, 6.07) is 7.84. The zero-order valence-corrected chi connectivity index (χ0v) is 14.5. The van der Waals surface area contributed by atoms with Gasteiger partial charge in [0, 0.05) is 13.7 Å². The summed E-state index contributed by atoms with van der Waals surface area (Å²) in [4.78, 5) is 13.8. The van der Waals surface area contributed by atoms with Crippen LogP contribution in [0.4, 0.5) is 0 Å². The Labute approximate surface area is 144 Å². The van der Waals surface area contributed by atoms with Gasteiger partial charge >= 0.3 is 0 Å². The Kier molecular flexibility index (Phi) is 5.37. The molecule has 3 rings (SSSR count). The van der Waals surface area contributed by atoms with Gasteiger partial charge in [-0.2, -0.15) is 0 Å². The minimum Gasteiger partial charge on any atom is -0.497 e. The second-order valence-corrected chi connectivity index (χ2v) is 6.50. The van der Waals surface area contributed by atoms with Gasteiger partial charge in [0.2, 0.25) is 5.91 Å². The summed E-state index contributed by atoms with van der Waals surface area (Å²) in [5.74, 6) is 1.42. The molecule has 1 aliphatic heterocycles. The van der Waals surface area contributed by atoms with E-state index in [1.807, 2.05) is 30.5 Å². The number of benzene rings is 1. The smallest absolute Gasteiger partial charge is 0.233 e. The minimum atomic E-state index is -0.0859. The SMILES string of the molecule is COCCN1C(=O)CSC1c1cn(Cc2ccc(OC)cc2)nn1. The van der Waals surface area contributed by atoms with Crippen molar-refractivity contribution in [3.8, 4) is 5.75 Å². The molecular weight excluding hydrogens is 328 g/mol. The van der Waals surface area contributed by atoms with Crippen molar-refractivity contribution in [2.24, 2.45) is 0 Å². The normalized spacial score (nSPS) is 17.5. The van der Waals surface area contributed by atoms with Gasteiger partial charge in [-0.25, -0.2) is 4.68 Å². The first-order valence-corrected chi connectivity index (χ1v) is 8.69. The number of hydrogen-bond acceptors (Lipinski definition) is 6. The van der Waals surface area contributed by atoms with Gasteiger partial charge in [-0.1, -0.05) is 17.3 Å². The van der Waals surface area contributed by atoms with Crippen molar-refractivity contribution in [2.45, 2.75) is 11.9 Å². The van der Waals surface area contributed by atoms with Gasteiger partial charge in [0.25, 0.3) is 0 Å². The number of thioether (sulfide) groups is 1. The highest BCUT2D eigenvalue weighted by Gasteiger charge is 2.34. The lowest BCUT2D eigenvalue weighted by molar-refractivity contribution is -0.128. The molecule has 0 aliphatic carbocycles. The molecule has 1 fully saturated rings. The lowest BCUT2D eigenvalue weighted by atomic mass is 10.2. The number of carbonyl (C=O) groups excluding carboxylic acids is 1. The first-order chi connectivity index (χ1) is 11.7. The van der Waals surface area contributed by atoms with Crippen molar-refractivity contribution in [3.63, 3.8) is 0 Å². The lowest BCUT2D eigenvalue weighted by Gasteiger charge is -2.21. The first kappa shape index (κ1) is 16.8. The number of rotatable bonds is 7. The number of carbonyl (C=O) groups is 1. The van der Waals surface area contributed by atoms with E-state index in [0.717, 1.165) is 17.0 Å². The van der Waals surface area contributed by atoms with Crippen molar-refractivity contribution in [1.82, 2.24) is 19.9 Å². The highest BCUT2D eigenvalue weighted by atomic mass is 32.2. The summed E-state index contributed by atoms with van der Waals surface area (Å²) >= 11 is 1.58. The van der Waals surface area contributed by atoms with E-state index in [9.17, 15) is 4.79 Å². The maximum atomic E-state index is 12.0. The summed E-state index contributed by atoms with van der Waals surface area (Å²) in [6.07, 6.45) is 1.90. The molecule has 1 saturated heterocycles. The van der Waals surface area contributed by atoms with Crippen LogP contribution < -0.4 is 4.74 Å². The maximum absolute atomic E-state index is 12.0. The summed E-state index contributed by atoms with van der Waals surface area (Å²) in [7, 11) is 3.28. The van der Waals surface area contributed by atoms with Crippen LogP contribution in [0.5, 0.6) is 5.75 Å². The molecule has 1 atom stereocenters. The van der Waals surface area contributed by atoms with E-state index in [4.69, 9.17) is 9.47 Å². The van der Waals surface area contributed by atoms with E-state index in [1.165, 1.54) is 0 Å². The molecule has 0 N–H and O–H groups in total. The van der Waals surface area contributed by atoms with Crippen LogP contribution >= 0.6 is 11.8 Å². The quantitative estimate of drug-likeness (QED) is 0.756. The molecular formula is C16H20N4O3S. The number of aromatic nitrogens is 3. The van der Waals surface area contributed by atoms with Gasteiger partial charge in [0.1, 0.15) is 16.8 Å². The van der Waals surface area contributed by atoms with Crippen molar-refractivity contribution in [1.29, 1.82) is 0 Å². The van der Waals surface area contributed by atoms with Gasteiger partial charge in [-0.15, -0.1) is 16.9 Å². The Bertz CT molecular complexity index is 689. The van der Waals surface area contributed by atoms with Crippen LogP contribution in [0.3, 0.4) is 0 Å². The fourth-order valence-corrected chi connectivity index (χ4v) is 3.70. The maximum Gasteiger partial charge on any atom is 0.233 e. The summed E-state index contributed by atoms with van der Waals surface area (Å²) in [5.41, 5.74) is 1.91. The van der Waals surface area contributed by atoms with E-state index in [1.54, 1.807) is 35.6 Å². The third kappa shape index (κ3) is 3.70. The van der Waals surface area contributed by atoms with E-state index < -0.39 is 0 Å². The second kappa shape index (κ2) is 7.67. The van der Waals surface area contributed by atoms with Crippen LogP contribution in [-0.4, -0.2) is 58.9 Å². The van der Waals surface area contributed by atoms with Crippen molar-refractivity contribution in [2.75, 3.05) is 33.1 Å². The summed E-state index contributed by atoms with van der Waals surface area (Å²) in [5, 5.41) is 8.36. The number of amides is 1. The third-order valence-corrected chi connectivity index (χ3v) is 5.04. The van der Waals surface area contributed by atoms with Gasteiger partial charge in [0.15, 0.2) is 0 Å². The summed E-state index contributed by atoms with van der Waals surface area (Å²) in [6.45, 7) is 1.71. The molecule has 7 nitrogen and oxygen atoms in total. The first-order valence-electron chi connectivity index (χ1n) is 7.64. The highest BCUT2D eigenvalue weighted by Crippen LogP contribution is 2.37. The Morgan fingerprint density at radius 3 is 2.79 bits per heavy atom. The molecule has 128 valence electrons. The standard InChI is InChI=1S/C16H20N4O3S/c1-22-8-7-20-15(21)11-24-16(20)14-10-19(18-17-14)9-12-3-5-13(23-2)6-4-12/h3-6,10,16H,7-9,11H2,1-2H3. The fourth-order valence-electron chi connectivity index (χ4n) is 2.55. The topological polar surface area (TPSA) is 69.5 Å². The monoisotopic (exact) mass is 348 g/mol. The molecule has 0 spiro atoms. The largest absolute Gasteiger partial charge is 0.497 e. The molecule has 24 heavy (non-hydrogen) atoms. The van der Waals surface area contributed by atoms with Gasteiger partial charge in [0.05, 0.1) is 32.2 Å². The van der Waals surface area contributed by atoms with Crippen molar-refractivity contribution in [3.05, 3.63) is 41.7 Å². The molecule has 0 radical (unpaired) electrons. The summed E-state index contributed by atoms with van der Waals surface area (Å²) < 4.78 is 12.0. The van der Waals surface area contributed by atoms with Crippen LogP contribution in [-0.2, 0) is 16.1 Å². The molecule has 2 aromatic rings. The van der Waals surface area contributed by atoms with Crippen molar-refractivity contribution >= 4 is 17.7 Å². The van der Waals surface area contributed by atoms with Crippen LogP contribution in [0.25, 0.3) is 0 Å². The van der Waals surface area contributed by atoms with Gasteiger partial charge in [-0.05, 0) is 17.7 Å². The Hall–Kier alpha value is -2.06. The Morgan fingerprint density at radius 2 is 2.08 bits per heavy atom. The van der Waals surface area contributed by atoms with Crippen LogP contribution in [0, 0.1) is 0 Å². The lowest BCUT2D eigenvalue weighted by Crippen LogP contribution is -2.31. The minimum absolute atomic E-state index is 0.0859. The van der Waals surface area contributed by atoms with Crippen LogP contribution in [0.1, 0.15) is 16.6 Å². The van der Waals surface area contributed by atoms with Gasteiger partial charge < -0.3 is 14.4 Å². The third-order valence-electron chi connectivity index (χ3n) is 3.82. The molecule has 1 unspecified atom stereocenters. The Morgan fingerprint density at radius 1 is 1.29 bits per heavy atom. The zero-order chi connectivity index (χ0) is 16.9. The van der Waals surface area contributed by atoms with E-state index in [0.29, 0.717) is 25.4 Å². The molecule has 2 heterocycles. The second-order valence-electron chi connectivity index (χ2n) is 5.43. The van der Waals surface area contributed by atoms with Crippen molar-refractivity contribution < 1.29 is 14.3 Å². The molecule has 0 saturated carbocycles. The number of hydrogen-bond donors (Lipinski definition) is 0. The molecule has 1 aromatic carbocycles. The molecule has 0 bridgehead atoms. The molecule has 1 amide bonds. The predicted octanol–water partition coefficient (Wildman–Crippen LogP) is 1.56. The molecule has 1 aliphatic rings. The van der Waals surface area contributed by atoms with Crippen LogP contribution in [0.2, 0.25) is 0 Å². The number of ether oxygens (including phenoxy) is 2. The average molecular weight is 348 g/mol. The average Bonchev–Trinajstić information content (AvgIpc) is 3.20. The van der Waals surface area contributed by atoms with Gasteiger partial charge in [-0.3, -0.25) is 4.79 Å². The molecule has 1 aromatic heterocycles. The Balaban J connectivity index is 1.69. The van der Waals surface area contributed by atoms with E-state index in [-0.39, 0.29) is 11.3 Å². The van der Waals surface area contributed by atoms with E-state index >= 15 is 0 Å². The number of nitrogens with zero attached hydrogens (tertiary/aromatic N) is 4. The predicted molar refractivity (Wildman–Crippen MR) is 90.9 cm³/mol. The molecule has 8 heteroatoms. The highest BCUT2D eigenvalue weighted by molar-refractivity contribution is 8.00. The van der Waals surface area contributed by atoms with Crippen LogP contribution in [0.15, 0.2) is 30.5 Å².